The van der Waals surface area contributed by atoms with Gasteiger partial charge in [-0.15, -0.1) is 0 Å². The van der Waals surface area contributed by atoms with Crippen LogP contribution in [0.15, 0.2) is 0 Å². The number of hydrogen-bond acceptors (Lipinski definition) is 1. The molecule has 2 atom stereocenters. The molecule has 1 aliphatic rings. The van der Waals surface area contributed by atoms with Crippen LogP contribution in [0.4, 0.5) is 0 Å². The fraction of sp³-hybridized carbons (Fsp3) is 1.00. The summed E-state index contributed by atoms with van der Waals surface area (Å²) in [4.78, 5) is 2.41. The minimum Gasteiger partial charge on any atom is -0.303 e. The lowest BCUT2D eigenvalue weighted by atomic mass is 10.2. The first-order chi connectivity index (χ1) is 3.72. The maximum Gasteiger partial charge on any atom is 0.0275 e. The first-order valence-corrected chi connectivity index (χ1v) is 4.30. The summed E-state index contributed by atoms with van der Waals surface area (Å²) < 4.78 is 0.887. The van der Waals surface area contributed by atoms with Crippen LogP contribution in [0.25, 0.3) is 0 Å². The predicted molar refractivity (Wildman–Crippen MR) is 44.5 cm³/mol. The van der Waals surface area contributed by atoms with Gasteiger partial charge in [0.05, 0.1) is 0 Å². The molecule has 0 aromatic rings. The lowest BCUT2D eigenvalue weighted by Gasteiger charge is -2.15. The van der Waals surface area contributed by atoms with Crippen LogP contribution in [0.1, 0.15) is 13.3 Å². The van der Waals surface area contributed by atoms with Crippen molar-refractivity contribution >= 4 is 22.6 Å². The van der Waals surface area contributed by atoms with Gasteiger partial charge in [-0.3, -0.25) is 0 Å². The van der Waals surface area contributed by atoms with E-state index in [1.807, 2.05) is 0 Å². The lowest BCUT2D eigenvalue weighted by molar-refractivity contribution is 0.335. The number of likely N-dealkylation sites (tertiary alicyclic amines) is 1. The van der Waals surface area contributed by atoms with E-state index in [0.717, 1.165) is 9.97 Å². The minimum atomic E-state index is 0.801. The van der Waals surface area contributed by atoms with Crippen molar-refractivity contribution in [1.82, 2.24) is 4.90 Å². The largest absolute Gasteiger partial charge is 0.303 e. The highest BCUT2D eigenvalue weighted by Crippen LogP contribution is 2.22. The van der Waals surface area contributed by atoms with E-state index in [1.54, 1.807) is 0 Å². The van der Waals surface area contributed by atoms with E-state index >= 15 is 0 Å². The zero-order chi connectivity index (χ0) is 6.15. The molecular weight excluding hydrogens is 213 g/mol. The average Bonchev–Trinajstić information content (AvgIpc) is 1.98. The van der Waals surface area contributed by atoms with E-state index < -0.39 is 0 Å². The SMILES string of the molecule is C[C@H]1[C@H](I)CCN1C. The molecule has 0 amide bonds. The Morgan fingerprint density at radius 1 is 1.62 bits per heavy atom. The van der Waals surface area contributed by atoms with E-state index in [2.05, 4.69) is 41.5 Å². The fourth-order valence-electron chi connectivity index (χ4n) is 1.05. The molecule has 0 spiro atoms. The van der Waals surface area contributed by atoms with Crippen LogP contribution in [-0.2, 0) is 0 Å². The molecule has 0 radical (unpaired) electrons. The van der Waals surface area contributed by atoms with Gasteiger partial charge in [0.25, 0.3) is 0 Å². The molecule has 0 aliphatic carbocycles. The summed E-state index contributed by atoms with van der Waals surface area (Å²) in [7, 11) is 2.20. The summed E-state index contributed by atoms with van der Waals surface area (Å²) in [5, 5.41) is 0. The van der Waals surface area contributed by atoms with E-state index in [0.29, 0.717) is 0 Å². The van der Waals surface area contributed by atoms with Gasteiger partial charge in [-0.05, 0) is 26.9 Å². The molecular formula is C6H12IN. The Labute approximate surface area is 64.6 Å². The fourth-order valence-corrected chi connectivity index (χ4v) is 1.88. The highest BCUT2D eigenvalue weighted by atomic mass is 127. The van der Waals surface area contributed by atoms with Crippen LogP contribution in [0, 0.1) is 0 Å². The molecule has 0 N–H and O–H groups in total. The van der Waals surface area contributed by atoms with Crippen molar-refractivity contribution in [1.29, 1.82) is 0 Å². The second kappa shape index (κ2) is 2.52. The Bertz CT molecular complexity index is 74.6. The van der Waals surface area contributed by atoms with Crippen molar-refractivity contribution in [2.75, 3.05) is 13.6 Å². The van der Waals surface area contributed by atoms with Crippen LogP contribution in [-0.4, -0.2) is 28.5 Å². The molecule has 0 aromatic carbocycles. The summed E-state index contributed by atoms with van der Waals surface area (Å²) in [5.41, 5.74) is 0. The smallest absolute Gasteiger partial charge is 0.0275 e. The number of nitrogens with zero attached hydrogens (tertiary/aromatic N) is 1. The van der Waals surface area contributed by atoms with Gasteiger partial charge in [0.15, 0.2) is 0 Å². The third-order valence-corrected chi connectivity index (χ3v) is 3.64. The molecule has 0 bridgehead atoms. The molecule has 0 saturated carbocycles. The zero-order valence-electron chi connectivity index (χ0n) is 5.39. The lowest BCUT2D eigenvalue weighted by Crippen LogP contribution is -2.25. The Hall–Kier alpha value is 0.690. The first kappa shape index (κ1) is 6.81. The molecule has 8 heavy (non-hydrogen) atoms. The van der Waals surface area contributed by atoms with Crippen molar-refractivity contribution in [2.45, 2.75) is 23.3 Å². The minimum absolute atomic E-state index is 0.801. The Morgan fingerprint density at radius 2 is 2.25 bits per heavy atom. The summed E-state index contributed by atoms with van der Waals surface area (Å²) in [6.45, 7) is 3.58. The van der Waals surface area contributed by atoms with Crippen molar-refractivity contribution in [3.05, 3.63) is 0 Å². The van der Waals surface area contributed by atoms with E-state index in [4.69, 9.17) is 0 Å². The van der Waals surface area contributed by atoms with Crippen LogP contribution in [0.2, 0.25) is 0 Å². The van der Waals surface area contributed by atoms with Crippen LogP contribution < -0.4 is 0 Å². The molecule has 1 nitrogen and oxygen atoms in total. The van der Waals surface area contributed by atoms with E-state index in [9.17, 15) is 0 Å². The second-order valence-corrected chi connectivity index (χ2v) is 4.13. The summed E-state index contributed by atoms with van der Waals surface area (Å²) in [6, 6.07) is 0.801. The molecule has 1 aliphatic heterocycles. The van der Waals surface area contributed by atoms with Crippen molar-refractivity contribution in [2.24, 2.45) is 0 Å². The molecule has 0 unspecified atom stereocenters. The maximum absolute atomic E-state index is 2.53. The first-order valence-electron chi connectivity index (χ1n) is 3.06. The van der Waals surface area contributed by atoms with Gasteiger partial charge < -0.3 is 4.90 Å². The highest BCUT2D eigenvalue weighted by Gasteiger charge is 2.24. The number of rotatable bonds is 0. The summed E-state index contributed by atoms with van der Waals surface area (Å²) in [6.07, 6.45) is 1.37. The number of hydrogen-bond donors (Lipinski definition) is 0. The monoisotopic (exact) mass is 225 g/mol. The normalized spacial score (nSPS) is 40.9. The molecule has 1 heterocycles. The Balaban J connectivity index is 2.44. The number of alkyl halides is 1. The Kier molecular flexibility index (Phi) is 2.14. The van der Waals surface area contributed by atoms with Gasteiger partial charge in [-0.1, -0.05) is 22.6 Å². The molecule has 1 rings (SSSR count). The van der Waals surface area contributed by atoms with Gasteiger partial charge in [0.2, 0.25) is 0 Å². The van der Waals surface area contributed by atoms with E-state index in [1.165, 1.54) is 13.0 Å². The predicted octanol–water partition coefficient (Wildman–Crippen LogP) is 1.51. The Morgan fingerprint density at radius 3 is 2.38 bits per heavy atom. The topological polar surface area (TPSA) is 3.24 Å². The molecule has 1 fully saturated rings. The third-order valence-electron chi connectivity index (χ3n) is 1.98. The standard InChI is InChI=1S/C6H12IN/c1-5-6(7)3-4-8(5)2/h5-6H,3-4H2,1-2H3/t5-,6+/m0/s1. The summed E-state index contributed by atoms with van der Waals surface area (Å²) >= 11 is 2.53. The second-order valence-electron chi connectivity index (χ2n) is 2.53. The molecule has 1 saturated heterocycles. The van der Waals surface area contributed by atoms with Gasteiger partial charge >= 0.3 is 0 Å². The van der Waals surface area contributed by atoms with Gasteiger partial charge in [-0.25, -0.2) is 0 Å². The third kappa shape index (κ3) is 1.16. The molecule has 48 valence electrons. The average molecular weight is 225 g/mol. The number of halogens is 1. The molecule has 0 aromatic heterocycles. The van der Waals surface area contributed by atoms with Gasteiger partial charge in [0.1, 0.15) is 0 Å². The maximum atomic E-state index is 2.53. The summed E-state index contributed by atoms with van der Waals surface area (Å²) in [5.74, 6) is 0. The highest BCUT2D eigenvalue weighted by molar-refractivity contribution is 14.1. The van der Waals surface area contributed by atoms with Crippen LogP contribution >= 0.6 is 22.6 Å². The quantitative estimate of drug-likeness (QED) is 0.446. The van der Waals surface area contributed by atoms with Gasteiger partial charge in [0, 0.05) is 9.97 Å². The van der Waals surface area contributed by atoms with Crippen molar-refractivity contribution in [3.63, 3.8) is 0 Å². The zero-order valence-corrected chi connectivity index (χ0v) is 7.55. The molecule has 2 heteroatoms. The van der Waals surface area contributed by atoms with Crippen LogP contribution in [0.5, 0.6) is 0 Å². The van der Waals surface area contributed by atoms with E-state index in [-0.39, 0.29) is 0 Å². The van der Waals surface area contributed by atoms with Crippen molar-refractivity contribution < 1.29 is 0 Å². The van der Waals surface area contributed by atoms with Gasteiger partial charge in [-0.2, -0.15) is 0 Å². The van der Waals surface area contributed by atoms with Crippen LogP contribution in [0.3, 0.4) is 0 Å². The van der Waals surface area contributed by atoms with Crippen molar-refractivity contribution in [3.8, 4) is 0 Å².